The molecule has 76 valence electrons. The van der Waals surface area contributed by atoms with Gasteiger partial charge in [0.15, 0.2) is 28.8 Å². The number of rotatable bonds is 3. The van der Waals surface area contributed by atoms with Crippen molar-refractivity contribution in [2.75, 3.05) is 0 Å². The number of benzene rings is 1. The van der Waals surface area contributed by atoms with Crippen molar-refractivity contribution >= 4 is 31.1 Å². The first-order valence-electron chi connectivity index (χ1n) is 4.30. The summed E-state index contributed by atoms with van der Waals surface area (Å²) >= 11 is 1.73. The number of halogens is 1. The normalized spacial score (nSPS) is 10.3. The van der Waals surface area contributed by atoms with Gasteiger partial charge < -0.3 is 12.8 Å². The summed E-state index contributed by atoms with van der Waals surface area (Å²) in [5, 5.41) is 9.86. The van der Waals surface area contributed by atoms with Crippen LogP contribution in [0.4, 0.5) is 0 Å². The van der Waals surface area contributed by atoms with Crippen LogP contribution in [0.25, 0.3) is 0 Å². The van der Waals surface area contributed by atoms with Crippen molar-refractivity contribution in [3.8, 4) is 17.2 Å². The van der Waals surface area contributed by atoms with Gasteiger partial charge in [0.2, 0.25) is 5.75 Å². The highest BCUT2D eigenvalue weighted by atomic mass is 127. The molecule has 0 amide bonds. The fraction of sp³-hybridized carbons (Fsp3) is 0.333. The second-order valence-corrected chi connectivity index (χ2v) is 3.71. The fourth-order valence-electron chi connectivity index (χ4n) is 1.27. The van der Waals surface area contributed by atoms with Gasteiger partial charge in [-0.15, -0.1) is 0 Å². The molecular formula is C9H12BIO3. The average molecular weight is 306 g/mol. The molecule has 0 fully saturated rings. The Morgan fingerprint density at radius 3 is 2.50 bits per heavy atom. The van der Waals surface area contributed by atoms with E-state index in [9.17, 15) is 5.11 Å². The maximum absolute atomic E-state index is 9.86. The standard InChI is InChI=1S/C9H12BIO3/c1-5(2)6-3-4-7(13-10)9(14-11)8(6)12/h3-5,12H,10H2,1-2H3. The Labute approximate surface area is 98.5 Å². The first-order chi connectivity index (χ1) is 6.61. The Balaban J connectivity index is 3.27. The molecule has 1 N–H and O–H groups in total. The Bertz CT molecular complexity index is 328. The van der Waals surface area contributed by atoms with Crippen molar-refractivity contribution in [1.29, 1.82) is 0 Å². The lowest BCUT2D eigenvalue weighted by molar-refractivity contribution is 0.438. The van der Waals surface area contributed by atoms with Crippen molar-refractivity contribution < 1.29 is 12.8 Å². The molecule has 0 saturated heterocycles. The van der Waals surface area contributed by atoms with E-state index in [1.54, 1.807) is 37.1 Å². The Morgan fingerprint density at radius 2 is 2.07 bits per heavy atom. The van der Waals surface area contributed by atoms with E-state index in [0.29, 0.717) is 11.5 Å². The average Bonchev–Trinajstić information content (AvgIpc) is 2.16. The van der Waals surface area contributed by atoms with Gasteiger partial charge in [0.05, 0.1) is 0 Å². The second-order valence-electron chi connectivity index (χ2n) is 3.27. The molecule has 0 aliphatic carbocycles. The van der Waals surface area contributed by atoms with Crippen molar-refractivity contribution in [3.05, 3.63) is 17.7 Å². The zero-order valence-electron chi connectivity index (χ0n) is 8.37. The minimum absolute atomic E-state index is 0.161. The summed E-state index contributed by atoms with van der Waals surface area (Å²) in [6.07, 6.45) is 0. The van der Waals surface area contributed by atoms with E-state index in [1.165, 1.54) is 0 Å². The molecule has 0 radical (unpaired) electrons. The lowest BCUT2D eigenvalue weighted by Gasteiger charge is -2.13. The number of phenolic OH excluding ortho intramolecular Hbond substituents is 1. The lowest BCUT2D eigenvalue weighted by atomic mass is 10.0. The number of hydrogen-bond donors (Lipinski definition) is 1. The highest BCUT2D eigenvalue weighted by Crippen LogP contribution is 2.42. The lowest BCUT2D eigenvalue weighted by Crippen LogP contribution is -1.94. The molecule has 1 rings (SSSR count). The van der Waals surface area contributed by atoms with Crippen molar-refractivity contribution in [1.82, 2.24) is 0 Å². The minimum Gasteiger partial charge on any atom is -0.565 e. The van der Waals surface area contributed by atoms with Gasteiger partial charge in [-0.1, -0.05) is 19.9 Å². The Kier molecular flexibility index (Phi) is 3.91. The van der Waals surface area contributed by atoms with E-state index in [1.807, 2.05) is 19.9 Å². The molecule has 0 aliphatic rings. The molecule has 1 aromatic rings. The molecule has 5 heteroatoms. The molecule has 0 aliphatic heterocycles. The van der Waals surface area contributed by atoms with E-state index in [0.717, 1.165) is 5.56 Å². The maximum Gasteiger partial charge on any atom is 0.322 e. The molecule has 0 unspecified atom stereocenters. The molecule has 14 heavy (non-hydrogen) atoms. The molecular weight excluding hydrogens is 294 g/mol. The zero-order valence-corrected chi connectivity index (χ0v) is 10.5. The van der Waals surface area contributed by atoms with Crippen LogP contribution >= 0.6 is 23.0 Å². The van der Waals surface area contributed by atoms with Gasteiger partial charge in [0.25, 0.3) is 0 Å². The molecule has 0 saturated carbocycles. The van der Waals surface area contributed by atoms with E-state index in [-0.39, 0.29) is 11.7 Å². The molecule has 0 aromatic heterocycles. The van der Waals surface area contributed by atoms with E-state index < -0.39 is 0 Å². The second kappa shape index (κ2) is 4.77. The largest absolute Gasteiger partial charge is 0.565 e. The predicted molar refractivity (Wildman–Crippen MR) is 66.0 cm³/mol. The van der Waals surface area contributed by atoms with Crippen LogP contribution in [0, 0.1) is 0 Å². The SMILES string of the molecule is BOc1ccc(C(C)C)c(O)c1OI. The maximum atomic E-state index is 9.86. The zero-order chi connectivity index (χ0) is 10.7. The van der Waals surface area contributed by atoms with Crippen LogP contribution < -0.4 is 7.72 Å². The molecule has 0 atom stereocenters. The summed E-state index contributed by atoms with van der Waals surface area (Å²) in [4.78, 5) is 0. The molecule has 3 nitrogen and oxygen atoms in total. The van der Waals surface area contributed by atoms with Gasteiger partial charge in [-0.2, -0.15) is 0 Å². The topological polar surface area (TPSA) is 38.7 Å². The van der Waals surface area contributed by atoms with Crippen LogP contribution in [0.2, 0.25) is 0 Å². The van der Waals surface area contributed by atoms with E-state index in [2.05, 4.69) is 0 Å². The summed E-state index contributed by atoms with van der Waals surface area (Å²) in [7, 11) is 1.54. The first-order valence-corrected chi connectivity index (χ1v) is 5.18. The van der Waals surface area contributed by atoms with Crippen molar-refractivity contribution in [3.63, 3.8) is 0 Å². The molecule has 0 spiro atoms. The van der Waals surface area contributed by atoms with E-state index >= 15 is 0 Å². The molecule has 1 aromatic carbocycles. The first kappa shape index (κ1) is 11.5. The summed E-state index contributed by atoms with van der Waals surface area (Å²) in [6.45, 7) is 4.02. The van der Waals surface area contributed by atoms with Crippen LogP contribution in [-0.2, 0) is 0 Å². The predicted octanol–water partition coefficient (Wildman–Crippen LogP) is 2.17. The van der Waals surface area contributed by atoms with Crippen LogP contribution in [-0.4, -0.2) is 13.2 Å². The minimum atomic E-state index is 0.161. The highest BCUT2D eigenvalue weighted by Gasteiger charge is 2.15. The Morgan fingerprint density at radius 1 is 1.43 bits per heavy atom. The quantitative estimate of drug-likeness (QED) is 0.687. The van der Waals surface area contributed by atoms with Gasteiger partial charge in [-0.3, -0.25) is 0 Å². The number of aromatic hydroxyl groups is 1. The Hall–Kier alpha value is -0.585. The van der Waals surface area contributed by atoms with Gasteiger partial charge in [-0.25, -0.2) is 0 Å². The third-order valence-corrected chi connectivity index (χ3v) is 2.49. The third-order valence-electron chi connectivity index (χ3n) is 2.05. The van der Waals surface area contributed by atoms with Gasteiger partial charge in [-0.05, 0) is 12.0 Å². The number of hydrogen-bond acceptors (Lipinski definition) is 3. The monoisotopic (exact) mass is 306 g/mol. The smallest absolute Gasteiger partial charge is 0.322 e. The summed E-state index contributed by atoms with van der Waals surface area (Å²) in [5.41, 5.74) is 0.859. The summed E-state index contributed by atoms with van der Waals surface area (Å²) < 4.78 is 10.1. The van der Waals surface area contributed by atoms with Crippen LogP contribution in [0.15, 0.2) is 12.1 Å². The third kappa shape index (κ3) is 2.08. The molecule has 0 bridgehead atoms. The summed E-state index contributed by atoms with van der Waals surface area (Å²) in [5.74, 6) is 1.35. The van der Waals surface area contributed by atoms with Crippen molar-refractivity contribution in [2.45, 2.75) is 19.8 Å². The molecule has 0 heterocycles. The summed E-state index contributed by atoms with van der Waals surface area (Å²) in [6, 6.07) is 3.64. The van der Waals surface area contributed by atoms with Crippen LogP contribution in [0.1, 0.15) is 25.3 Å². The van der Waals surface area contributed by atoms with Crippen LogP contribution in [0.3, 0.4) is 0 Å². The number of phenols is 1. The fourth-order valence-corrected chi connectivity index (χ4v) is 1.69. The van der Waals surface area contributed by atoms with Crippen molar-refractivity contribution in [2.24, 2.45) is 0 Å². The van der Waals surface area contributed by atoms with Gasteiger partial charge >= 0.3 is 8.05 Å². The van der Waals surface area contributed by atoms with Gasteiger partial charge in [0, 0.05) is 5.56 Å². The van der Waals surface area contributed by atoms with E-state index in [4.69, 9.17) is 7.72 Å². The van der Waals surface area contributed by atoms with Gasteiger partial charge in [0.1, 0.15) is 5.75 Å². The van der Waals surface area contributed by atoms with Crippen LogP contribution in [0.5, 0.6) is 17.2 Å². The highest BCUT2D eigenvalue weighted by molar-refractivity contribution is 14.1.